The molecule has 0 unspecified atom stereocenters. The number of nitrogens with zero attached hydrogens (tertiary/aromatic N) is 1. The number of ether oxygens (including phenoxy) is 1. The highest BCUT2D eigenvalue weighted by atomic mass is 79.9. The Bertz CT molecular complexity index is 400. The second-order valence-electron chi connectivity index (χ2n) is 2.50. The maximum atomic E-state index is 12.6. The average Bonchev–Trinajstić information content (AvgIpc) is 2.16. The lowest BCUT2D eigenvalue weighted by Crippen LogP contribution is -2.01. The standard InChI is InChI=1S/C8H5BrClF2NO2/c1-15-5-3(8(11)12)2-4(7(10)14)13-6(5)9/h2,8H,1H3. The molecule has 7 heteroatoms. The Morgan fingerprint density at radius 2 is 2.27 bits per heavy atom. The normalized spacial score (nSPS) is 10.5. The third-order valence-electron chi connectivity index (χ3n) is 1.60. The Kier molecular flexibility index (Phi) is 3.98. The predicted octanol–water partition coefficient (Wildman–Crippen LogP) is 3.17. The molecule has 0 atom stereocenters. The lowest BCUT2D eigenvalue weighted by atomic mass is 10.2. The summed E-state index contributed by atoms with van der Waals surface area (Å²) in [5.41, 5.74) is -0.678. The van der Waals surface area contributed by atoms with Gasteiger partial charge in [0.1, 0.15) is 10.3 Å². The number of alkyl halides is 2. The van der Waals surface area contributed by atoms with E-state index in [-0.39, 0.29) is 16.0 Å². The highest BCUT2D eigenvalue weighted by molar-refractivity contribution is 9.10. The van der Waals surface area contributed by atoms with Gasteiger partial charge >= 0.3 is 0 Å². The summed E-state index contributed by atoms with van der Waals surface area (Å²) >= 11 is 8.05. The predicted molar refractivity (Wildman–Crippen MR) is 53.6 cm³/mol. The topological polar surface area (TPSA) is 39.2 Å². The van der Waals surface area contributed by atoms with Gasteiger partial charge in [0.25, 0.3) is 11.7 Å². The van der Waals surface area contributed by atoms with Crippen LogP contribution in [0.15, 0.2) is 10.7 Å². The summed E-state index contributed by atoms with van der Waals surface area (Å²) in [6.07, 6.45) is -2.77. The molecule has 0 bridgehead atoms. The number of rotatable bonds is 3. The van der Waals surface area contributed by atoms with Crippen LogP contribution in [0.4, 0.5) is 8.78 Å². The molecule has 15 heavy (non-hydrogen) atoms. The summed E-state index contributed by atoms with van der Waals surface area (Å²) in [6.45, 7) is 0. The van der Waals surface area contributed by atoms with E-state index in [1.54, 1.807) is 0 Å². The molecule has 0 aliphatic rings. The maximum absolute atomic E-state index is 12.6. The first kappa shape index (κ1) is 12.3. The van der Waals surface area contributed by atoms with Crippen LogP contribution in [0.1, 0.15) is 22.5 Å². The van der Waals surface area contributed by atoms with Crippen molar-refractivity contribution < 1.29 is 18.3 Å². The Morgan fingerprint density at radius 3 is 2.67 bits per heavy atom. The van der Waals surface area contributed by atoms with Gasteiger partial charge in [-0.15, -0.1) is 0 Å². The van der Waals surface area contributed by atoms with Gasteiger partial charge in [-0.2, -0.15) is 0 Å². The zero-order chi connectivity index (χ0) is 11.6. The Morgan fingerprint density at radius 1 is 1.67 bits per heavy atom. The molecule has 1 aromatic heterocycles. The summed E-state index contributed by atoms with van der Waals surface area (Å²) in [4.78, 5) is 14.4. The number of halogens is 4. The Hall–Kier alpha value is -0.750. The fraction of sp³-hybridized carbons (Fsp3) is 0.250. The molecule has 0 saturated heterocycles. The molecule has 0 fully saturated rings. The molecule has 82 valence electrons. The van der Waals surface area contributed by atoms with Crippen molar-refractivity contribution in [3.63, 3.8) is 0 Å². The van der Waals surface area contributed by atoms with E-state index in [0.29, 0.717) is 0 Å². The van der Waals surface area contributed by atoms with Gasteiger partial charge in [-0.3, -0.25) is 4.79 Å². The van der Waals surface area contributed by atoms with Crippen LogP contribution < -0.4 is 4.74 Å². The molecule has 3 nitrogen and oxygen atoms in total. The highest BCUT2D eigenvalue weighted by Gasteiger charge is 2.20. The Labute approximate surface area is 97.5 Å². The molecule has 0 saturated carbocycles. The summed E-state index contributed by atoms with van der Waals surface area (Å²) in [5.74, 6) is -0.105. The molecule has 0 radical (unpaired) electrons. The lowest BCUT2D eigenvalue weighted by Gasteiger charge is -2.09. The Balaban J connectivity index is 3.38. The van der Waals surface area contributed by atoms with Crippen molar-refractivity contribution in [3.8, 4) is 5.75 Å². The maximum Gasteiger partial charge on any atom is 0.270 e. The number of pyridine rings is 1. The molecule has 1 heterocycles. The van der Waals surface area contributed by atoms with Crippen molar-refractivity contribution in [1.82, 2.24) is 4.98 Å². The molecule has 0 aromatic carbocycles. The molecule has 1 rings (SSSR count). The molecule has 0 spiro atoms. The van der Waals surface area contributed by atoms with Crippen LogP contribution in [0.5, 0.6) is 5.75 Å². The van der Waals surface area contributed by atoms with E-state index in [0.717, 1.165) is 6.07 Å². The average molecular weight is 300 g/mol. The number of aromatic nitrogens is 1. The van der Waals surface area contributed by atoms with Gasteiger partial charge in [0, 0.05) is 0 Å². The number of hydrogen-bond acceptors (Lipinski definition) is 3. The van der Waals surface area contributed by atoms with Gasteiger partial charge in [0.15, 0.2) is 5.75 Å². The van der Waals surface area contributed by atoms with E-state index in [1.807, 2.05) is 0 Å². The smallest absolute Gasteiger partial charge is 0.270 e. The molecule has 0 N–H and O–H groups in total. The molecular formula is C8H5BrClF2NO2. The van der Waals surface area contributed by atoms with Gasteiger partial charge in [-0.1, -0.05) is 0 Å². The monoisotopic (exact) mass is 299 g/mol. The molecule has 0 aliphatic carbocycles. The van der Waals surface area contributed by atoms with E-state index in [1.165, 1.54) is 7.11 Å². The van der Waals surface area contributed by atoms with E-state index < -0.39 is 17.2 Å². The fourth-order valence-corrected chi connectivity index (χ4v) is 1.66. The summed E-state index contributed by atoms with van der Waals surface area (Å²) in [6, 6.07) is 0.906. The first-order valence-electron chi connectivity index (χ1n) is 3.69. The third kappa shape index (κ3) is 2.63. The summed E-state index contributed by atoms with van der Waals surface area (Å²) < 4.78 is 29.9. The molecule has 0 aliphatic heterocycles. The zero-order valence-electron chi connectivity index (χ0n) is 7.43. The van der Waals surface area contributed by atoms with Crippen molar-refractivity contribution in [2.75, 3.05) is 7.11 Å². The first-order valence-corrected chi connectivity index (χ1v) is 4.87. The van der Waals surface area contributed by atoms with Crippen molar-refractivity contribution in [1.29, 1.82) is 0 Å². The molecule has 1 aromatic rings. The highest BCUT2D eigenvalue weighted by Crippen LogP contribution is 2.34. The van der Waals surface area contributed by atoms with E-state index >= 15 is 0 Å². The second kappa shape index (κ2) is 4.85. The van der Waals surface area contributed by atoms with Crippen LogP contribution in [0.3, 0.4) is 0 Å². The van der Waals surface area contributed by atoms with Crippen molar-refractivity contribution in [2.45, 2.75) is 6.43 Å². The van der Waals surface area contributed by atoms with E-state index in [9.17, 15) is 13.6 Å². The minimum atomic E-state index is -2.77. The number of methoxy groups -OCH3 is 1. The van der Waals surface area contributed by atoms with Gasteiger partial charge in [0.05, 0.1) is 12.7 Å². The van der Waals surface area contributed by atoms with Gasteiger partial charge in [-0.05, 0) is 33.6 Å². The van der Waals surface area contributed by atoms with Crippen LogP contribution in [0.2, 0.25) is 0 Å². The SMILES string of the molecule is COc1c(C(F)F)cc(C(=O)Cl)nc1Br. The minimum Gasteiger partial charge on any atom is -0.493 e. The van der Waals surface area contributed by atoms with Crippen LogP contribution in [0, 0.1) is 0 Å². The molecule has 0 amide bonds. The minimum absolute atomic E-state index is 0.0202. The van der Waals surface area contributed by atoms with E-state index in [2.05, 4.69) is 20.9 Å². The quantitative estimate of drug-likeness (QED) is 0.636. The van der Waals surface area contributed by atoms with Crippen molar-refractivity contribution in [2.24, 2.45) is 0 Å². The number of carbonyl (C=O) groups is 1. The van der Waals surface area contributed by atoms with Crippen molar-refractivity contribution in [3.05, 3.63) is 21.9 Å². The van der Waals surface area contributed by atoms with Crippen LogP contribution >= 0.6 is 27.5 Å². The summed E-state index contributed by atoms with van der Waals surface area (Å²) in [7, 11) is 1.23. The van der Waals surface area contributed by atoms with E-state index in [4.69, 9.17) is 16.3 Å². The molecular weight excluding hydrogens is 295 g/mol. The van der Waals surface area contributed by atoms with Crippen LogP contribution in [-0.2, 0) is 0 Å². The second-order valence-corrected chi connectivity index (χ2v) is 3.59. The summed E-state index contributed by atoms with van der Waals surface area (Å²) in [5, 5.41) is -0.903. The number of carbonyl (C=O) groups excluding carboxylic acids is 1. The van der Waals surface area contributed by atoms with Gasteiger partial charge in [-0.25, -0.2) is 13.8 Å². The van der Waals surface area contributed by atoms with Crippen molar-refractivity contribution >= 4 is 32.8 Å². The largest absolute Gasteiger partial charge is 0.493 e. The first-order chi connectivity index (χ1) is 6.97. The zero-order valence-corrected chi connectivity index (χ0v) is 9.77. The number of hydrogen-bond donors (Lipinski definition) is 0. The van der Waals surface area contributed by atoms with Gasteiger partial charge < -0.3 is 4.74 Å². The fourth-order valence-electron chi connectivity index (χ4n) is 0.986. The third-order valence-corrected chi connectivity index (χ3v) is 2.33. The van der Waals surface area contributed by atoms with Crippen LogP contribution in [0.25, 0.3) is 0 Å². The lowest BCUT2D eigenvalue weighted by molar-refractivity contribution is 0.107. The van der Waals surface area contributed by atoms with Gasteiger partial charge in [0.2, 0.25) is 0 Å². The van der Waals surface area contributed by atoms with Crippen LogP contribution in [-0.4, -0.2) is 17.3 Å².